The third kappa shape index (κ3) is 4.80. The van der Waals surface area contributed by atoms with E-state index in [1.54, 1.807) is 6.92 Å². The summed E-state index contributed by atoms with van der Waals surface area (Å²) in [5.41, 5.74) is 1.74. The number of rotatable bonds is 7. The van der Waals surface area contributed by atoms with Crippen molar-refractivity contribution in [2.75, 3.05) is 6.61 Å². The second kappa shape index (κ2) is 7.70. The van der Waals surface area contributed by atoms with Crippen molar-refractivity contribution in [2.45, 2.75) is 25.9 Å². The predicted octanol–water partition coefficient (Wildman–Crippen LogP) is 4.05. The fraction of sp³-hybridized carbons (Fsp3) is 0.278. The highest BCUT2D eigenvalue weighted by Gasteiger charge is 2.15. The van der Waals surface area contributed by atoms with E-state index in [2.05, 4.69) is 12.1 Å². The smallest absolute Gasteiger partial charge is 0.191 e. The molecule has 0 N–H and O–H groups in total. The Morgan fingerprint density at radius 3 is 2.43 bits per heavy atom. The van der Waals surface area contributed by atoms with Crippen LogP contribution in [0.4, 0.5) is 4.39 Å². The highest BCUT2D eigenvalue weighted by molar-refractivity contribution is 5.99. The highest BCUT2D eigenvalue weighted by Crippen LogP contribution is 2.09. The number of Topliss-reactive ketones (excluding diaryl/α,β-unsaturated/α-hetero) is 1. The van der Waals surface area contributed by atoms with Crippen LogP contribution in [0.5, 0.6) is 0 Å². The van der Waals surface area contributed by atoms with Crippen molar-refractivity contribution in [2.24, 2.45) is 0 Å². The second-order valence-corrected chi connectivity index (χ2v) is 4.97. The van der Waals surface area contributed by atoms with E-state index in [0.717, 1.165) is 12.8 Å². The zero-order valence-corrected chi connectivity index (χ0v) is 12.1. The van der Waals surface area contributed by atoms with E-state index in [1.807, 2.05) is 18.2 Å². The molecule has 0 radical (unpaired) electrons. The van der Waals surface area contributed by atoms with Crippen LogP contribution in [-0.2, 0) is 11.2 Å². The van der Waals surface area contributed by atoms with Gasteiger partial charge in [0.2, 0.25) is 0 Å². The summed E-state index contributed by atoms with van der Waals surface area (Å²) in [6.07, 6.45) is 1.29. The summed E-state index contributed by atoms with van der Waals surface area (Å²) in [5.74, 6) is -0.460. The quantitative estimate of drug-likeness (QED) is 0.567. The van der Waals surface area contributed by atoms with Crippen LogP contribution in [0.15, 0.2) is 54.6 Å². The molecule has 0 spiro atoms. The normalized spacial score (nSPS) is 12.1. The van der Waals surface area contributed by atoms with Gasteiger partial charge in [0.05, 0.1) is 0 Å². The van der Waals surface area contributed by atoms with Crippen molar-refractivity contribution in [3.8, 4) is 0 Å². The first-order chi connectivity index (χ1) is 10.2. The molecule has 0 saturated heterocycles. The molecule has 2 aromatic carbocycles. The van der Waals surface area contributed by atoms with Crippen LogP contribution in [-0.4, -0.2) is 18.5 Å². The topological polar surface area (TPSA) is 26.3 Å². The Hall–Kier alpha value is -2.00. The first-order valence-electron chi connectivity index (χ1n) is 7.12. The van der Waals surface area contributed by atoms with Crippen molar-refractivity contribution in [3.63, 3.8) is 0 Å². The number of hydrogen-bond donors (Lipinski definition) is 0. The standard InChI is InChI=1S/C18H19FO2/c1-14(18(20)16-9-11-17(19)12-10-16)21-13-5-8-15-6-3-2-4-7-15/h2-4,6-7,9-12,14H,5,8,13H2,1H3. The largest absolute Gasteiger partial charge is 0.370 e. The van der Waals surface area contributed by atoms with Gasteiger partial charge in [-0.25, -0.2) is 4.39 Å². The number of ketones is 1. The first kappa shape index (κ1) is 15.4. The van der Waals surface area contributed by atoms with Gasteiger partial charge in [0.15, 0.2) is 5.78 Å². The van der Waals surface area contributed by atoms with Crippen molar-refractivity contribution in [1.82, 2.24) is 0 Å². The second-order valence-electron chi connectivity index (χ2n) is 4.97. The minimum atomic E-state index is -0.508. The molecule has 0 aliphatic rings. The summed E-state index contributed by atoms with van der Waals surface area (Å²) in [6.45, 7) is 2.26. The molecule has 2 nitrogen and oxygen atoms in total. The molecule has 2 rings (SSSR count). The maximum Gasteiger partial charge on any atom is 0.191 e. The molecule has 1 atom stereocenters. The van der Waals surface area contributed by atoms with Gasteiger partial charge in [-0.2, -0.15) is 0 Å². The summed E-state index contributed by atoms with van der Waals surface area (Å²) < 4.78 is 18.4. The number of carbonyl (C=O) groups is 1. The molecular formula is C18H19FO2. The van der Waals surface area contributed by atoms with Crippen LogP contribution in [0, 0.1) is 5.82 Å². The minimum absolute atomic E-state index is 0.116. The third-order valence-electron chi connectivity index (χ3n) is 3.32. The Labute approximate surface area is 124 Å². The minimum Gasteiger partial charge on any atom is -0.370 e. The van der Waals surface area contributed by atoms with E-state index >= 15 is 0 Å². The van der Waals surface area contributed by atoms with Crippen molar-refractivity contribution in [3.05, 3.63) is 71.5 Å². The van der Waals surface area contributed by atoms with E-state index in [9.17, 15) is 9.18 Å². The van der Waals surface area contributed by atoms with E-state index < -0.39 is 6.10 Å². The lowest BCUT2D eigenvalue weighted by molar-refractivity contribution is 0.0470. The lowest BCUT2D eigenvalue weighted by Crippen LogP contribution is -2.21. The highest BCUT2D eigenvalue weighted by atomic mass is 19.1. The summed E-state index contributed by atoms with van der Waals surface area (Å²) in [5, 5.41) is 0. The number of ether oxygens (including phenoxy) is 1. The van der Waals surface area contributed by atoms with Crippen molar-refractivity contribution >= 4 is 5.78 Å². The van der Waals surface area contributed by atoms with Gasteiger partial charge in [0.25, 0.3) is 0 Å². The van der Waals surface area contributed by atoms with Crippen LogP contribution in [0.1, 0.15) is 29.3 Å². The fourth-order valence-corrected chi connectivity index (χ4v) is 2.11. The Bertz CT molecular complexity index is 564. The molecule has 0 saturated carbocycles. The van der Waals surface area contributed by atoms with Crippen molar-refractivity contribution in [1.29, 1.82) is 0 Å². The molecule has 3 heteroatoms. The van der Waals surface area contributed by atoms with E-state index in [1.165, 1.54) is 29.8 Å². The zero-order chi connectivity index (χ0) is 15.1. The van der Waals surface area contributed by atoms with Gasteiger partial charge in [-0.1, -0.05) is 30.3 Å². The molecule has 0 aliphatic carbocycles. The molecule has 0 fully saturated rings. The predicted molar refractivity (Wildman–Crippen MR) is 80.9 cm³/mol. The van der Waals surface area contributed by atoms with Gasteiger partial charge in [-0.05, 0) is 49.6 Å². The van der Waals surface area contributed by atoms with Crippen LogP contribution in [0.2, 0.25) is 0 Å². The molecule has 0 aliphatic heterocycles. The maximum atomic E-state index is 12.8. The SMILES string of the molecule is CC(OCCCc1ccccc1)C(=O)c1ccc(F)cc1. The van der Waals surface area contributed by atoms with Gasteiger partial charge in [0.1, 0.15) is 11.9 Å². The first-order valence-corrected chi connectivity index (χ1v) is 7.12. The lowest BCUT2D eigenvalue weighted by Gasteiger charge is -2.12. The summed E-state index contributed by atoms with van der Waals surface area (Å²) >= 11 is 0. The van der Waals surface area contributed by atoms with E-state index in [0.29, 0.717) is 12.2 Å². The lowest BCUT2D eigenvalue weighted by atomic mass is 10.1. The van der Waals surface area contributed by atoms with Gasteiger partial charge in [-0.3, -0.25) is 4.79 Å². The maximum absolute atomic E-state index is 12.8. The molecule has 21 heavy (non-hydrogen) atoms. The Balaban J connectivity index is 1.75. The average Bonchev–Trinajstić information content (AvgIpc) is 2.52. The summed E-state index contributed by atoms with van der Waals surface area (Å²) in [7, 11) is 0. The Morgan fingerprint density at radius 1 is 1.10 bits per heavy atom. The Kier molecular flexibility index (Phi) is 5.64. The van der Waals surface area contributed by atoms with Gasteiger partial charge in [0, 0.05) is 12.2 Å². The molecular weight excluding hydrogens is 267 g/mol. The molecule has 110 valence electrons. The number of hydrogen-bond acceptors (Lipinski definition) is 2. The van der Waals surface area contributed by atoms with Gasteiger partial charge in [-0.15, -0.1) is 0 Å². The monoisotopic (exact) mass is 286 g/mol. The van der Waals surface area contributed by atoms with Gasteiger partial charge < -0.3 is 4.74 Å². The van der Waals surface area contributed by atoms with E-state index in [-0.39, 0.29) is 11.6 Å². The zero-order valence-electron chi connectivity index (χ0n) is 12.1. The molecule has 0 amide bonds. The average molecular weight is 286 g/mol. The number of benzene rings is 2. The van der Waals surface area contributed by atoms with Crippen LogP contribution < -0.4 is 0 Å². The summed E-state index contributed by atoms with van der Waals surface area (Å²) in [6, 6.07) is 15.7. The van der Waals surface area contributed by atoms with E-state index in [4.69, 9.17) is 4.74 Å². The number of halogens is 1. The molecule has 0 bridgehead atoms. The fourth-order valence-electron chi connectivity index (χ4n) is 2.11. The summed E-state index contributed by atoms with van der Waals surface area (Å²) in [4.78, 5) is 12.1. The molecule has 1 unspecified atom stereocenters. The molecule has 2 aromatic rings. The Morgan fingerprint density at radius 2 is 1.76 bits per heavy atom. The molecule has 0 heterocycles. The van der Waals surface area contributed by atoms with Gasteiger partial charge >= 0.3 is 0 Å². The number of aryl methyl sites for hydroxylation is 1. The van der Waals surface area contributed by atoms with Crippen molar-refractivity contribution < 1.29 is 13.9 Å². The number of carbonyl (C=O) groups excluding carboxylic acids is 1. The van der Waals surface area contributed by atoms with Crippen LogP contribution in [0.25, 0.3) is 0 Å². The third-order valence-corrected chi connectivity index (χ3v) is 3.32. The van der Waals surface area contributed by atoms with Crippen LogP contribution >= 0.6 is 0 Å². The molecule has 0 aromatic heterocycles. The van der Waals surface area contributed by atoms with Crippen LogP contribution in [0.3, 0.4) is 0 Å².